The van der Waals surface area contributed by atoms with Crippen molar-refractivity contribution in [2.45, 2.75) is 19.5 Å². The van der Waals surface area contributed by atoms with Crippen molar-refractivity contribution in [3.8, 4) is 0 Å². The second-order valence-electron chi connectivity index (χ2n) is 4.40. The molecule has 0 aliphatic carbocycles. The van der Waals surface area contributed by atoms with Crippen LogP contribution in [0.25, 0.3) is 0 Å². The Kier molecular flexibility index (Phi) is 4.22. The molecule has 0 spiro atoms. The highest BCUT2D eigenvalue weighted by atomic mass is 19.1. The maximum Gasteiger partial charge on any atom is 0.130 e. The van der Waals surface area contributed by atoms with Crippen LogP contribution in [0.15, 0.2) is 42.5 Å². The van der Waals surface area contributed by atoms with E-state index in [2.05, 4.69) is 5.32 Å². The molecule has 0 aromatic heterocycles. The van der Waals surface area contributed by atoms with Gasteiger partial charge in [-0.05, 0) is 30.7 Å². The Morgan fingerprint density at radius 1 is 1.00 bits per heavy atom. The predicted molar refractivity (Wildman–Crippen MR) is 68.0 cm³/mol. The molecule has 1 N–H and O–H groups in total. The smallest absolute Gasteiger partial charge is 0.130 e. The van der Waals surface area contributed by atoms with Crippen LogP contribution in [0.3, 0.4) is 0 Å². The van der Waals surface area contributed by atoms with Gasteiger partial charge in [-0.15, -0.1) is 0 Å². The normalized spacial score (nSPS) is 12.4. The average Bonchev–Trinajstić information content (AvgIpc) is 2.36. The van der Waals surface area contributed by atoms with Gasteiger partial charge >= 0.3 is 0 Å². The molecule has 2 aromatic carbocycles. The molecule has 0 aliphatic heterocycles. The number of hydrogen-bond acceptors (Lipinski definition) is 1. The highest BCUT2D eigenvalue weighted by Crippen LogP contribution is 2.18. The molecule has 0 heterocycles. The van der Waals surface area contributed by atoms with Crippen LogP contribution in [0, 0.1) is 17.5 Å². The zero-order valence-electron chi connectivity index (χ0n) is 10.5. The van der Waals surface area contributed by atoms with Crippen molar-refractivity contribution >= 4 is 0 Å². The molecule has 0 saturated carbocycles. The summed E-state index contributed by atoms with van der Waals surface area (Å²) in [6.45, 7) is 2.19. The zero-order valence-corrected chi connectivity index (χ0v) is 10.5. The summed E-state index contributed by atoms with van der Waals surface area (Å²) in [4.78, 5) is 0. The van der Waals surface area contributed by atoms with Gasteiger partial charge in [0, 0.05) is 24.2 Å². The first-order valence-electron chi connectivity index (χ1n) is 5.99. The maximum absolute atomic E-state index is 13.6. The standard InChI is InChI=1S/C15H14F3N/c1-10(14-6-5-13(17)8-15(14)18)19-9-11-3-2-4-12(16)7-11/h2-8,10,19H,9H2,1H3. The molecular formula is C15H14F3N. The number of halogens is 3. The first-order chi connectivity index (χ1) is 9.06. The number of hydrogen-bond donors (Lipinski definition) is 1. The lowest BCUT2D eigenvalue weighted by molar-refractivity contribution is 0.516. The van der Waals surface area contributed by atoms with Crippen LogP contribution in [0.5, 0.6) is 0 Å². The van der Waals surface area contributed by atoms with Gasteiger partial charge in [-0.1, -0.05) is 18.2 Å². The first-order valence-corrected chi connectivity index (χ1v) is 5.99. The van der Waals surface area contributed by atoms with Gasteiger partial charge < -0.3 is 5.32 Å². The molecular weight excluding hydrogens is 251 g/mol. The molecule has 2 aromatic rings. The third kappa shape index (κ3) is 3.58. The maximum atomic E-state index is 13.6. The summed E-state index contributed by atoms with van der Waals surface area (Å²) in [6, 6.07) is 9.39. The zero-order chi connectivity index (χ0) is 13.8. The molecule has 0 saturated heterocycles. The van der Waals surface area contributed by atoms with Gasteiger partial charge in [0.25, 0.3) is 0 Å². The first kappa shape index (κ1) is 13.6. The van der Waals surface area contributed by atoms with Crippen LogP contribution >= 0.6 is 0 Å². The molecule has 1 unspecified atom stereocenters. The van der Waals surface area contributed by atoms with Gasteiger partial charge in [-0.2, -0.15) is 0 Å². The average molecular weight is 265 g/mol. The molecule has 0 radical (unpaired) electrons. The van der Waals surface area contributed by atoms with Crippen LogP contribution in [-0.2, 0) is 6.54 Å². The Bertz CT molecular complexity index is 569. The molecule has 100 valence electrons. The van der Waals surface area contributed by atoms with Crippen LogP contribution in [0.2, 0.25) is 0 Å². The van der Waals surface area contributed by atoms with E-state index >= 15 is 0 Å². The summed E-state index contributed by atoms with van der Waals surface area (Å²) in [5, 5.41) is 3.07. The van der Waals surface area contributed by atoms with Crippen molar-refractivity contribution in [2.24, 2.45) is 0 Å². The van der Waals surface area contributed by atoms with Gasteiger partial charge in [0.1, 0.15) is 17.5 Å². The van der Waals surface area contributed by atoms with Crippen LogP contribution in [-0.4, -0.2) is 0 Å². The fourth-order valence-corrected chi connectivity index (χ4v) is 1.88. The number of nitrogens with one attached hydrogen (secondary N) is 1. The second kappa shape index (κ2) is 5.89. The molecule has 0 bridgehead atoms. The summed E-state index contributed by atoms with van der Waals surface area (Å²) in [7, 11) is 0. The topological polar surface area (TPSA) is 12.0 Å². The Morgan fingerprint density at radius 2 is 1.74 bits per heavy atom. The summed E-state index contributed by atoms with van der Waals surface area (Å²) in [5.41, 5.74) is 1.16. The van der Waals surface area contributed by atoms with Gasteiger partial charge in [0.05, 0.1) is 0 Å². The minimum atomic E-state index is -0.599. The fourth-order valence-electron chi connectivity index (χ4n) is 1.88. The van der Waals surface area contributed by atoms with E-state index in [9.17, 15) is 13.2 Å². The Balaban J connectivity index is 2.03. The SMILES string of the molecule is CC(NCc1cccc(F)c1)c1ccc(F)cc1F. The molecule has 0 amide bonds. The van der Waals surface area contributed by atoms with Crippen molar-refractivity contribution in [2.75, 3.05) is 0 Å². The van der Waals surface area contributed by atoms with E-state index in [1.54, 1.807) is 19.1 Å². The van der Waals surface area contributed by atoms with Crippen LogP contribution in [0.4, 0.5) is 13.2 Å². The van der Waals surface area contributed by atoms with Crippen LogP contribution in [0.1, 0.15) is 24.1 Å². The molecule has 0 fully saturated rings. The van der Waals surface area contributed by atoms with Crippen molar-refractivity contribution in [1.29, 1.82) is 0 Å². The Labute approximate surface area is 110 Å². The third-order valence-electron chi connectivity index (χ3n) is 2.93. The fraction of sp³-hybridized carbons (Fsp3) is 0.200. The highest BCUT2D eigenvalue weighted by molar-refractivity contribution is 5.22. The molecule has 1 atom stereocenters. The Morgan fingerprint density at radius 3 is 2.42 bits per heavy atom. The van der Waals surface area contributed by atoms with Gasteiger partial charge in [0.15, 0.2) is 0 Å². The summed E-state index contributed by atoms with van der Waals surface area (Å²) in [5.74, 6) is -1.49. The van der Waals surface area contributed by atoms with Gasteiger partial charge in [-0.3, -0.25) is 0 Å². The highest BCUT2D eigenvalue weighted by Gasteiger charge is 2.11. The lowest BCUT2D eigenvalue weighted by atomic mass is 10.1. The van der Waals surface area contributed by atoms with Crippen molar-refractivity contribution in [3.63, 3.8) is 0 Å². The van der Waals surface area contributed by atoms with E-state index in [-0.39, 0.29) is 11.9 Å². The quantitative estimate of drug-likeness (QED) is 0.882. The van der Waals surface area contributed by atoms with Crippen molar-refractivity contribution < 1.29 is 13.2 Å². The van der Waals surface area contributed by atoms with E-state index in [0.29, 0.717) is 12.1 Å². The van der Waals surface area contributed by atoms with E-state index in [1.807, 2.05) is 0 Å². The van der Waals surface area contributed by atoms with E-state index < -0.39 is 11.6 Å². The van der Waals surface area contributed by atoms with E-state index in [0.717, 1.165) is 11.6 Å². The Hall–Kier alpha value is -1.81. The number of benzene rings is 2. The lowest BCUT2D eigenvalue weighted by Crippen LogP contribution is -2.19. The molecule has 1 nitrogen and oxygen atoms in total. The summed E-state index contributed by atoms with van der Waals surface area (Å²) >= 11 is 0. The molecule has 2 rings (SSSR count). The lowest BCUT2D eigenvalue weighted by Gasteiger charge is -2.15. The van der Waals surface area contributed by atoms with E-state index in [1.165, 1.54) is 24.3 Å². The van der Waals surface area contributed by atoms with Crippen molar-refractivity contribution in [1.82, 2.24) is 5.32 Å². The third-order valence-corrected chi connectivity index (χ3v) is 2.93. The molecule has 0 aliphatic rings. The van der Waals surface area contributed by atoms with Gasteiger partial charge in [-0.25, -0.2) is 13.2 Å². The molecule has 19 heavy (non-hydrogen) atoms. The number of rotatable bonds is 4. The van der Waals surface area contributed by atoms with Crippen LogP contribution < -0.4 is 5.32 Å². The second-order valence-corrected chi connectivity index (χ2v) is 4.40. The minimum absolute atomic E-state index is 0.288. The predicted octanol–water partition coefficient (Wildman–Crippen LogP) is 3.95. The van der Waals surface area contributed by atoms with Crippen molar-refractivity contribution in [3.05, 3.63) is 71.0 Å². The van der Waals surface area contributed by atoms with Gasteiger partial charge in [0.2, 0.25) is 0 Å². The summed E-state index contributed by atoms with van der Waals surface area (Å²) < 4.78 is 39.3. The molecule has 4 heteroatoms. The minimum Gasteiger partial charge on any atom is -0.306 e. The van der Waals surface area contributed by atoms with E-state index in [4.69, 9.17) is 0 Å². The monoisotopic (exact) mass is 265 g/mol. The largest absolute Gasteiger partial charge is 0.306 e. The summed E-state index contributed by atoms with van der Waals surface area (Å²) in [6.07, 6.45) is 0.